The molecule has 0 aliphatic carbocycles. The van der Waals surface area contributed by atoms with Crippen LogP contribution in [0.2, 0.25) is 0 Å². The van der Waals surface area contributed by atoms with Crippen LogP contribution in [0.15, 0.2) is 0 Å². The van der Waals surface area contributed by atoms with Gasteiger partial charge in [0.2, 0.25) is 5.91 Å². The number of phosphoric ester groups is 1. The summed E-state index contributed by atoms with van der Waals surface area (Å²) in [4.78, 5) is 28.8. The minimum atomic E-state index is -4.67. The molecule has 5 atom stereocenters. The van der Waals surface area contributed by atoms with Crippen molar-refractivity contribution in [1.29, 1.82) is 0 Å². The van der Waals surface area contributed by atoms with Crippen LogP contribution in [-0.2, 0) is 28.1 Å². The van der Waals surface area contributed by atoms with Gasteiger partial charge in [0.25, 0.3) is 0 Å². The maximum atomic E-state index is 11.2. The SMILES string of the molecule is [B][C@@H]1O[C@H](C(C)OP(=O)(O)O)[C@@H](OC)[C@H]1OCC(=O)NC. The van der Waals surface area contributed by atoms with Gasteiger partial charge in [0.1, 0.15) is 32.8 Å². The van der Waals surface area contributed by atoms with Crippen LogP contribution < -0.4 is 5.32 Å². The van der Waals surface area contributed by atoms with Crippen LogP contribution in [0, 0.1) is 0 Å². The molecular formula is C10H19BNO8P. The Kier molecular flexibility index (Phi) is 6.80. The Morgan fingerprint density at radius 2 is 2.10 bits per heavy atom. The van der Waals surface area contributed by atoms with Crippen LogP contribution in [0.4, 0.5) is 0 Å². The van der Waals surface area contributed by atoms with Crippen LogP contribution in [0.5, 0.6) is 0 Å². The fraction of sp³-hybridized carbons (Fsp3) is 0.900. The zero-order valence-electron chi connectivity index (χ0n) is 12.0. The van der Waals surface area contributed by atoms with Crippen molar-refractivity contribution < 1.29 is 37.9 Å². The number of rotatable bonds is 7. The summed E-state index contributed by atoms with van der Waals surface area (Å²) in [6, 6.07) is -0.910. The van der Waals surface area contributed by atoms with Crippen molar-refractivity contribution >= 4 is 21.6 Å². The van der Waals surface area contributed by atoms with Crippen molar-refractivity contribution in [2.24, 2.45) is 0 Å². The predicted octanol–water partition coefficient (Wildman–Crippen LogP) is -1.48. The normalized spacial score (nSPS) is 31.1. The molecular weight excluding hydrogens is 304 g/mol. The average molecular weight is 323 g/mol. The summed E-state index contributed by atoms with van der Waals surface area (Å²) in [5.74, 6) is -0.347. The first-order valence-electron chi connectivity index (χ1n) is 6.19. The first-order chi connectivity index (χ1) is 9.69. The van der Waals surface area contributed by atoms with E-state index in [-0.39, 0.29) is 12.5 Å². The third-order valence-electron chi connectivity index (χ3n) is 3.01. The highest BCUT2D eigenvalue weighted by Crippen LogP contribution is 2.40. The predicted molar refractivity (Wildman–Crippen MR) is 71.6 cm³/mol. The van der Waals surface area contributed by atoms with Gasteiger partial charge in [-0.1, -0.05) is 0 Å². The molecule has 1 aliphatic rings. The molecule has 0 bridgehead atoms. The van der Waals surface area contributed by atoms with Gasteiger partial charge in [0, 0.05) is 20.2 Å². The lowest BCUT2D eigenvalue weighted by molar-refractivity contribution is -0.130. The van der Waals surface area contributed by atoms with Crippen molar-refractivity contribution in [2.45, 2.75) is 37.3 Å². The molecule has 0 aromatic carbocycles. The Labute approximate surface area is 123 Å². The first kappa shape index (κ1) is 18.6. The molecule has 9 nitrogen and oxygen atoms in total. The van der Waals surface area contributed by atoms with Gasteiger partial charge in [-0.25, -0.2) is 4.57 Å². The zero-order valence-corrected chi connectivity index (χ0v) is 12.9. The molecule has 3 N–H and O–H groups in total. The number of nitrogens with one attached hydrogen (secondary N) is 1. The molecule has 1 unspecified atom stereocenters. The highest BCUT2D eigenvalue weighted by molar-refractivity contribution is 7.46. The van der Waals surface area contributed by atoms with Gasteiger partial charge in [-0.05, 0) is 6.92 Å². The van der Waals surface area contributed by atoms with E-state index in [2.05, 4.69) is 9.84 Å². The summed E-state index contributed by atoms with van der Waals surface area (Å²) in [6.07, 6.45) is -3.31. The van der Waals surface area contributed by atoms with E-state index in [0.717, 1.165) is 0 Å². The fourth-order valence-electron chi connectivity index (χ4n) is 2.07. The molecule has 2 radical (unpaired) electrons. The number of likely N-dealkylation sites (N-methyl/N-ethyl adjacent to an activating group) is 1. The molecule has 1 heterocycles. The topological polar surface area (TPSA) is 124 Å². The first-order valence-corrected chi connectivity index (χ1v) is 7.72. The van der Waals surface area contributed by atoms with Crippen LogP contribution in [0.1, 0.15) is 6.92 Å². The van der Waals surface area contributed by atoms with Crippen LogP contribution >= 0.6 is 7.82 Å². The van der Waals surface area contributed by atoms with Gasteiger partial charge in [0.05, 0.1) is 6.10 Å². The quantitative estimate of drug-likeness (QED) is 0.383. The minimum absolute atomic E-state index is 0.238. The second-order valence-electron chi connectivity index (χ2n) is 4.52. The Bertz CT molecular complexity index is 405. The Balaban J connectivity index is 2.71. The highest BCUT2D eigenvalue weighted by Gasteiger charge is 2.47. The van der Waals surface area contributed by atoms with Crippen molar-refractivity contribution in [1.82, 2.24) is 5.32 Å². The Morgan fingerprint density at radius 1 is 1.48 bits per heavy atom. The molecule has 0 aromatic rings. The molecule has 21 heavy (non-hydrogen) atoms. The Morgan fingerprint density at radius 3 is 2.57 bits per heavy atom. The molecule has 1 fully saturated rings. The molecule has 1 rings (SSSR count). The van der Waals surface area contributed by atoms with E-state index < -0.39 is 38.2 Å². The monoisotopic (exact) mass is 323 g/mol. The van der Waals surface area contributed by atoms with E-state index >= 15 is 0 Å². The van der Waals surface area contributed by atoms with Crippen molar-refractivity contribution in [2.75, 3.05) is 20.8 Å². The number of hydrogen-bond donors (Lipinski definition) is 3. The van der Waals surface area contributed by atoms with E-state index in [4.69, 9.17) is 31.8 Å². The van der Waals surface area contributed by atoms with E-state index in [0.29, 0.717) is 0 Å². The third-order valence-corrected chi connectivity index (χ3v) is 3.62. The number of hydrogen-bond acceptors (Lipinski definition) is 6. The molecule has 0 spiro atoms. The number of amides is 1. The van der Waals surface area contributed by atoms with Crippen LogP contribution in [0.25, 0.3) is 0 Å². The molecule has 0 aromatic heterocycles. The maximum Gasteiger partial charge on any atom is 0.469 e. The lowest BCUT2D eigenvalue weighted by Gasteiger charge is -2.26. The van der Waals surface area contributed by atoms with Crippen molar-refractivity contribution in [3.05, 3.63) is 0 Å². The lowest BCUT2D eigenvalue weighted by atomic mass is 9.92. The van der Waals surface area contributed by atoms with Gasteiger partial charge >= 0.3 is 7.82 Å². The number of methoxy groups -OCH3 is 1. The molecule has 1 amide bonds. The van der Waals surface area contributed by atoms with Gasteiger partial charge in [-0.2, -0.15) is 0 Å². The van der Waals surface area contributed by atoms with Gasteiger partial charge in [-0.15, -0.1) is 0 Å². The number of carbonyl (C=O) groups excluding carboxylic acids is 1. The van der Waals surface area contributed by atoms with E-state index in [1.54, 1.807) is 0 Å². The van der Waals surface area contributed by atoms with Crippen molar-refractivity contribution in [3.8, 4) is 0 Å². The summed E-state index contributed by atoms with van der Waals surface area (Å²) in [5, 5.41) is 2.39. The fourth-order valence-corrected chi connectivity index (χ4v) is 2.62. The van der Waals surface area contributed by atoms with E-state index in [9.17, 15) is 9.36 Å². The van der Waals surface area contributed by atoms with E-state index in [1.807, 2.05) is 0 Å². The molecule has 1 saturated heterocycles. The molecule has 11 heteroatoms. The summed E-state index contributed by atoms with van der Waals surface area (Å²) < 4.78 is 31.4. The standard InChI is InChI=1S/C10H19BNO8P/c1-5(20-21(14,15)16)7-8(17-3)9(10(11)19-7)18-4-6(13)12-2/h5,7-10H,4H2,1-3H3,(H,12,13)(H2,14,15,16)/t5?,7-,8-,9-,10-/m1/s1. The number of phosphoric acid groups is 1. The number of carbonyl (C=O) groups is 1. The largest absolute Gasteiger partial charge is 0.469 e. The molecule has 0 saturated carbocycles. The van der Waals surface area contributed by atoms with Gasteiger partial charge in [0.15, 0.2) is 0 Å². The molecule has 120 valence electrons. The minimum Gasteiger partial charge on any atom is -0.376 e. The summed E-state index contributed by atoms with van der Waals surface area (Å²) in [6.45, 7) is 1.18. The van der Waals surface area contributed by atoms with Gasteiger partial charge in [-0.3, -0.25) is 9.32 Å². The second-order valence-corrected chi connectivity index (χ2v) is 5.71. The van der Waals surface area contributed by atoms with E-state index in [1.165, 1.54) is 21.1 Å². The number of ether oxygens (including phenoxy) is 3. The lowest BCUT2D eigenvalue weighted by Crippen LogP contribution is -2.42. The maximum absolute atomic E-state index is 11.2. The highest BCUT2D eigenvalue weighted by atomic mass is 31.2. The molecule has 1 aliphatic heterocycles. The van der Waals surface area contributed by atoms with Gasteiger partial charge < -0.3 is 29.3 Å². The zero-order chi connectivity index (χ0) is 16.2. The summed E-state index contributed by atoms with van der Waals surface area (Å²) in [5.41, 5.74) is 0. The smallest absolute Gasteiger partial charge is 0.376 e. The summed E-state index contributed by atoms with van der Waals surface area (Å²) >= 11 is 0. The van der Waals surface area contributed by atoms with Crippen LogP contribution in [-0.4, -0.2) is 74.7 Å². The average Bonchev–Trinajstić information content (AvgIpc) is 2.70. The van der Waals surface area contributed by atoms with Crippen molar-refractivity contribution in [3.63, 3.8) is 0 Å². The van der Waals surface area contributed by atoms with Crippen LogP contribution in [0.3, 0.4) is 0 Å². The third kappa shape index (κ3) is 5.34. The second kappa shape index (κ2) is 7.69. The Hall–Kier alpha value is -0.475. The summed E-state index contributed by atoms with van der Waals surface area (Å²) in [7, 11) is 3.92.